The summed E-state index contributed by atoms with van der Waals surface area (Å²) in [6, 6.07) is 14.3. The number of nitrogens with zero attached hydrogens (tertiary/aromatic N) is 2. The summed E-state index contributed by atoms with van der Waals surface area (Å²) in [6.07, 6.45) is -0.602. The summed E-state index contributed by atoms with van der Waals surface area (Å²) in [5.74, 6) is 0.371. The third-order valence-corrected chi connectivity index (χ3v) is 4.78. The van der Waals surface area contributed by atoms with Gasteiger partial charge in [0.15, 0.2) is 6.10 Å². The lowest BCUT2D eigenvalue weighted by molar-refractivity contribution is -0.142. The van der Waals surface area contributed by atoms with Crippen LogP contribution in [0.15, 0.2) is 48.5 Å². The number of fused-ring (bicyclic) bond motifs is 1. The van der Waals surface area contributed by atoms with Gasteiger partial charge in [-0.05, 0) is 18.2 Å². The largest absolute Gasteiger partial charge is 0.477 e. The Hall–Kier alpha value is -2.60. The van der Waals surface area contributed by atoms with E-state index in [0.717, 1.165) is 5.69 Å². The molecule has 0 bridgehead atoms. The predicted octanol–water partition coefficient (Wildman–Crippen LogP) is 2.45. The van der Waals surface area contributed by atoms with Crippen molar-refractivity contribution in [3.05, 3.63) is 59.9 Å². The molecule has 2 heterocycles. The average Bonchev–Trinajstić information content (AvgIpc) is 2.69. The van der Waals surface area contributed by atoms with Crippen LogP contribution in [0.1, 0.15) is 5.56 Å². The number of halogens is 1. The molecule has 136 valence electrons. The van der Waals surface area contributed by atoms with Gasteiger partial charge in [0, 0.05) is 25.2 Å². The lowest BCUT2D eigenvalue weighted by Gasteiger charge is -2.38. The molecule has 2 aliphatic heterocycles. The summed E-state index contributed by atoms with van der Waals surface area (Å²) >= 11 is 0. The Kier molecular flexibility index (Phi) is 4.75. The number of hydrogen-bond acceptors (Lipinski definition) is 4. The van der Waals surface area contributed by atoms with Gasteiger partial charge in [-0.2, -0.15) is 0 Å². The highest BCUT2D eigenvalue weighted by Gasteiger charge is 2.34. The number of para-hydroxylation sites is 2. The summed E-state index contributed by atoms with van der Waals surface area (Å²) in [6.45, 7) is 3.03. The standard InChI is InChI=1S/C20H21FN2O3/c21-16-6-2-1-5-15(16)13-23-14-19(20(24)22-9-11-25-12-10-22)26-18-8-4-3-7-17(18)23/h1-8,19H,9-14H2. The van der Waals surface area contributed by atoms with Crippen LogP contribution in [0, 0.1) is 5.82 Å². The van der Waals surface area contributed by atoms with Gasteiger partial charge >= 0.3 is 0 Å². The highest BCUT2D eigenvalue weighted by atomic mass is 19.1. The van der Waals surface area contributed by atoms with Crippen molar-refractivity contribution < 1.29 is 18.7 Å². The lowest BCUT2D eigenvalue weighted by Crippen LogP contribution is -2.52. The van der Waals surface area contributed by atoms with Gasteiger partial charge in [-0.3, -0.25) is 4.79 Å². The van der Waals surface area contributed by atoms with Crippen molar-refractivity contribution in [3.8, 4) is 5.75 Å². The number of carbonyl (C=O) groups excluding carboxylic acids is 1. The van der Waals surface area contributed by atoms with E-state index in [1.54, 1.807) is 17.0 Å². The number of rotatable bonds is 3. The number of ether oxygens (including phenoxy) is 2. The van der Waals surface area contributed by atoms with E-state index < -0.39 is 6.10 Å². The SMILES string of the molecule is O=C(C1CN(Cc2ccccc2F)c2ccccc2O1)N1CCOCC1. The van der Waals surface area contributed by atoms with Crippen molar-refractivity contribution in [3.63, 3.8) is 0 Å². The molecule has 2 aromatic rings. The molecule has 26 heavy (non-hydrogen) atoms. The number of anilines is 1. The molecule has 0 aliphatic carbocycles. The Morgan fingerprint density at radius 2 is 1.81 bits per heavy atom. The quantitative estimate of drug-likeness (QED) is 0.847. The molecule has 1 unspecified atom stereocenters. The second kappa shape index (κ2) is 7.33. The molecule has 6 heteroatoms. The molecule has 0 radical (unpaired) electrons. The minimum atomic E-state index is -0.602. The van der Waals surface area contributed by atoms with E-state index in [1.807, 2.05) is 35.2 Å². The van der Waals surface area contributed by atoms with Gasteiger partial charge in [0.1, 0.15) is 11.6 Å². The van der Waals surface area contributed by atoms with Crippen molar-refractivity contribution in [1.82, 2.24) is 4.90 Å². The molecule has 0 aromatic heterocycles. The zero-order chi connectivity index (χ0) is 17.9. The fraction of sp³-hybridized carbons (Fsp3) is 0.350. The van der Waals surface area contributed by atoms with Crippen LogP contribution < -0.4 is 9.64 Å². The lowest BCUT2D eigenvalue weighted by atomic mass is 10.1. The number of hydrogen-bond donors (Lipinski definition) is 0. The van der Waals surface area contributed by atoms with Crippen LogP contribution in [0.2, 0.25) is 0 Å². The maximum Gasteiger partial charge on any atom is 0.265 e. The number of morpholine rings is 1. The molecule has 1 atom stereocenters. The van der Waals surface area contributed by atoms with Crippen LogP contribution in [-0.4, -0.2) is 49.8 Å². The number of benzene rings is 2. The van der Waals surface area contributed by atoms with Crippen molar-refractivity contribution in [2.24, 2.45) is 0 Å². The third kappa shape index (κ3) is 3.37. The molecule has 0 N–H and O–H groups in total. The van der Waals surface area contributed by atoms with Gasteiger partial charge in [-0.25, -0.2) is 4.39 Å². The van der Waals surface area contributed by atoms with Gasteiger partial charge < -0.3 is 19.3 Å². The van der Waals surface area contributed by atoms with Gasteiger partial charge in [-0.15, -0.1) is 0 Å². The average molecular weight is 356 g/mol. The Bertz CT molecular complexity index is 792. The first-order chi connectivity index (χ1) is 12.7. The molecule has 1 amide bonds. The normalized spacial score (nSPS) is 19.7. The van der Waals surface area contributed by atoms with Crippen molar-refractivity contribution in [1.29, 1.82) is 0 Å². The van der Waals surface area contributed by atoms with E-state index in [1.165, 1.54) is 6.07 Å². The van der Waals surface area contributed by atoms with E-state index in [2.05, 4.69) is 0 Å². The van der Waals surface area contributed by atoms with E-state index in [-0.39, 0.29) is 11.7 Å². The van der Waals surface area contributed by atoms with E-state index in [0.29, 0.717) is 50.7 Å². The Morgan fingerprint density at radius 1 is 1.08 bits per heavy atom. The molecule has 0 saturated carbocycles. The Balaban J connectivity index is 1.58. The van der Waals surface area contributed by atoms with Crippen molar-refractivity contribution in [2.75, 3.05) is 37.7 Å². The van der Waals surface area contributed by atoms with Crippen LogP contribution >= 0.6 is 0 Å². The summed E-state index contributed by atoms with van der Waals surface area (Å²) in [5.41, 5.74) is 1.48. The van der Waals surface area contributed by atoms with Crippen molar-refractivity contribution >= 4 is 11.6 Å². The van der Waals surface area contributed by atoms with E-state index >= 15 is 0 Å². The summed E-state index contributed by atoms with van der Waals surface area (Å²) in [7, 11) is 0. The van der Waals surface area contributed by atoms with E-state index in [4.69, 9.17) is 9.47 Å². The molecule has 1 saturated heterocycles. The van der Waals surface area contributed by atoms with Crippen LogP contribution in [0.4, 0.5) is 10.1 Å². The van der Waals surface area contributed by atoms with Gasteiger partial charge in [-0.1, -0.05) is 30.3 Å². The fourth-order valence-electron chi connectivity index (χ4n) is 3.40. The van der Waals surface area contributed by atoms with Crippen LogP contribution in [0.25, 0.3) is 0 Å². The smallest absolute Gasteiger partial charge is 0.265 e. The Labute approximate surface area is 151 Å². The maximum absolute atomic E-state index is 14.1. The predicted molar refractivity (Wildman–Crippen MR) is 95.7 cm³/mol. The first-order valence-corrected chi connectivity index (χ1v) is 8.83. The van der Waals surface area contributed by atoms with Gasteiger partial charge in [0.05, 0.1) is 25.4 Å². The third-order valence-electron chi connectivity index (χ3n) is 4.78. The topological polar surface area (TPSA) is 42.0 Å². The molecular weight excluding hydrogens is 335 g/mol. The molecule has 2 aliphatic rings. The minimum Gasteiger partial charge on any atom is -0.477 e. The molecule has 5 nitrogen and oxygen atoms in total. The van der Waals surface area contributed by atoms with Crippen molar-refractivity contribution in [2.45, 2.75) is 12.6 Å². The molecule has 1 fully saturated rings. The summed E-state index contributed by atoms with van der Waals surface area (Å²) in [5, 5.41) is 0. The molecule has 4 rings (SSSR count). The monoisotopic (exact) mass is 356 g/mol. The molecular formula is C20H21FN2O3. The second-order valence-corrected chi connectivity index (χ2v) is 6.48. The van der Waals surface area contributed by atoms with Gasteiger partial charge in [0.25, 0.3) is 5.91 Å². The highest BCUT2D eigenvalue weighted by Crippen LogP contribution is 2.34. The zero-order valence-corrected chi connectivity index (χ0v) is 14.4. The zero-order valence-electron chi connectivity index (χ0n) is 14.4. The molecule has 0 spiro atoms. The number of carbonyl (C=O) groups is 1. The fourth-order valence-corrected chi connectivity index (χ4v) is 3.40. The first-order valence-electron chi connectivity index (χ1n) is 8.83. The van der Waals surface area contributed by atoms with Gasteiger partial charge in [0.2, 0.25) is 0 Å². The van der Waals surface area contributed by atoms with Crippen LogP contribution in [0.5, 0.6) is 5.75 Å². The Morgan fingerprint density at radius 3 is 2.62 bits per heavy atom. The van der Waals surface area contributed by atoms with E-state index in [9.17, 15) is 9.18 Å². The van der Waals surface area contributed by atoms with Crippen LogP contribution in [-0.2, 0) is 16.1 Å². The number of amides is 1. The second-order valence-electron chi connectivity index (χ2n) is 6.48. The highest BCUT2D eigenvalue weighted by molar-refractivity contribution is 5.83. The first kappa shape index (κ1) is 16.8. The summed E-state index contributed by atoms with van der Waals surface area (Å²) in [4.78, 5) is 16.7. The van der Waals surface area contributed by atoms with Crippen LogP contribution in [0.3, 0.4) is 0 Å². The maximum atomic E-state index is 14.1. The molecule has 2 aromatic carbocycles. The summed E-state index contributed by atoms with van der Waals surface area (Å²) < 4.78 is 25.4. The minimum absolute atomic E-state index is 0.0404.